The molecule has 4 aromatic rings. The molecule has 1 heterocycles. The van der Waals surface area contributed by atoms with E-state index in [0.29, 0.717) is 5.02 Å². The first-order chi connectivity index (χ1) is 14.2. The first kappa shape index (κ1) is 20.3. The Kier molecular flexibility index (Phi) is 5.24. The van der Waals surface area contributed by atoms with Gasteiger partial charge in [-0.15, -0.1) is 0 Å². The molecular formula is C23H20ClN3O2S. The maximum Gasteiger partial charge on any atom is 0.238 e. The van der Waals surface area contributed by atoms with Crippen LogP contribution in [0.4, 0.5) is 0 Å². The fourth-order valence-corrected chi connectivity index (χ4v) is 3.96. The summed E-state index contributed by atoms with van der Waals surface area (Å²) in [5.41, 5.74) is 6.68. The summed E-state index contributed by atoms with van der Waals surface area (Å²) in [5, 5.41) is 10.7. The van der Waals surface area contributed by atoms with E-state index in [1.807, 2.05) is 41.9 Å². The van der Waals surface area contributed by atoms with Gasteiger partial charge >= 0.3 is 0 Å². The monoisotopic (exact) mass is 437 g/mol. The van der Waals surface area contributed by atoms with Crippen LogP contribution in [0.15, 0.2) is 77.7 Å². The fraction of sp³-hybridized carbons (Fsp3) is 0.0870. The molecule has 0 atom stereocenters. The van der Waals surface area contributed by atoms with Crippen LogP contribution in [-0.4, -0.2) is 18.2 Å². The van der Waals surface area contributed by atoms with Crippen molar-refractivity contribution in [1.82, 2.24) is 9.78 Å². The zero-order valence-electron chi connectivity index (χ0n) is 16.5. The number of aryl methyl sites for hydroxylation is 2. The van der Waals surface area contributed by atoms with Gasteiger partial charge in [0, 0.05) is 16.1 Å². The van der Waals surface area contributed by atoms with E-state index in [1.165, 1.54) is 12.1 Å². The van der Waals surface area contributed by atoms with E-state index in [1.54, 1.807) is 12.1 Å². The minimum absolute atomic E-state index is 0.0598. The minimum Gasteiger partial charge on any atom is -0.232 e. The van der Waals surface area contributed by atoms with Crippen molar-refractivity contribution in [2.75, 3.05) is 0 Å². The molecule has 30 heavy (non-hydrogen) atoms. The summed E-state index contributed by atoms with van der Waals surface area (Å²) in [6.07, 6.45) is 0. The summed E-state index contributed by atoms with van der Waals surface area (Å²) in [6, 6.07) is 22.2. The van der Waals surface area contributed by atoms with Gasteiger partial charge in [-0.1, -0.05) is 41.4 Å². The zero-order valence-corrected chi connectivity index (χ0v) is 18.1. The van der Waals surface area contributed by atoms with E-state index in [2.05, 4.69) is 25.1 Å². The van der Waals surface area contributed by atoms with Crippen molar-refractivity contribution in [2.24, 2.45) is 5.14 Å². The van der Waals surface area contributed by atoms with E-state index in [-0.39, 0.29) is 4.90 Å². The number of nitrogens with zero attached hydrogens (tertiary/aromatic N) is 2. The van der Waals surface area contributed by atoms with Crippen LogP contribution in [0.25, 0.3) is 28.2 Å². The molecule has 0 bridgehead atoms. The molecule has 0 aliphatic heterocycles. The summed E-state index contributed by atoms with van der Waals surface area (Å²) in [7, 11) is -3.76. The lowest BCUT2D eigenvalue weighted by molar-refractivity contribution is 0.598. The largest absolute Gasteiger partial charge is 0.238 e. The van der Waals surface area contributed by atoms with E-state index >= 15 is 0 Å². The smallest absolute Gasteiger partial charge is 0.232 e. The molecule has 0 spiro atoms. The van der Waals surface area contributed by atoms with Crippen molar-refractivity contribution in [1.29, 1.82) is 0 Å². The first-order valence-corrected chi connectivity index (χ1v) is 11.2. The average Bonchev–Trinajstić information content (AvgIpc) is 3.15. The van der Waals surface area contributed by atoms with Crippen LogP contribution in [0.2, 0.25) is 5.02 Å². The Morgan fingerprint density at radius 1 is 0.900 bits per heavy atom. The molecule has 0 saturated carbocycles. The minimum atomic E-state index is -3.76. The van der Waals surface area contributed by atoms with Gasteiger partial charge in [-0.3, -0.25) is 0 Å². The molecule has 5 nitrogen and oxygen atoms in total. The number of hydrogen-bond donors (Lipinski definition) is 1. The summed E-state index contributed by atoms with van der Waals surface area (Å²) >= 11 is 6.03. The standard InChI is InChI=1S/C23H20ClN3O2S/c1-15-3-4-16(2)21(13-15)23-14-22(17-5-7-18(24)8-6-17)26-27(23)19-9-11-20(12-10-19)30(25,28)29/h3-14H,1-2H3,(H2,25,28,29). The van der Waals surface area contributed by atoms with Gasteiger partial charge in [0.1, 0.15) is 0 Å². The molecule has 0 aliphatic rings. The highest BCUT2D eigenvalue weighted by molar-refractivity contribution is 7.89. The molecule has 3 aromatic carbocycles. The number of benzene rings is 3. The lowest BCUT2D eigenvalue weighted by atomic mass is 10.0. The second-order valence-corrected chi connectivity index (χ2v) is 9.19. The molecular weight excluding hydrogens is 418 g/mol. The Hall–Kier alpha value is -2.93. The van der Waals surface area contributed by atoms with Crippen molar-refractivity contribution < 1.29 is 8.42 Å². The number of aromatic nitrogens is 2. The van der Waals surface area contributed by atoms with Crippen LogP contribution in [-0.2, 0) is 10.0 Å². The highest BCUT2D eigenvalue weighted by Gasteiger charge is 2.16. The normalized spacial score (nSPS) is 11.6. The molecule has 0 aliphatic carbocycles. The molecule has 7 heteroatoms. The molecule has 0 fully saturated rings. The van der Waals surface area contributed by atoms with Gasteiger partial charge in [0.15, 0.2) is 0 Å². The molecule has 1 aromatic heterocycles. The van der Waals surface area contributed by atoms with Crippen molar-refractivity contribution in [3.63, 3.8) is 0 Å². The maximum atomic E-state index is 11.6. The van der Waals surface area contributed by atoms with Crippen LogP contribution in [0.5, 0.6) is 0 Å². The first-order valence-electron chi connectivity index (χ1n) is 9.29. The van der Waals surface area contributed by atoms with Crippen molar-refractivity contribution in [2.45, 2.75) is 18.7 Å². The van der Waals surface area contributed by atoms with Crippen molar-refractivity contribution >= 4 is 21.6 Å². The van der Waals surface area contributed by atoms with Crippen LogP contribution < -0.4 is 5.14 Å². The quantitative estimate of drug-likeness (QED) is 0.481. The van der Waals surface area contributed by atoms with Crippen LogP contribution in [0, 0.1) is 13.8 Å². The molecule has 0 unspecified atom stereocenters. The van der Waals surface area contributed by atoms with E-state index in [4.69, 9.17) is 21.8 Å². The van der Waals surface area contributed by atoms with Crippen molar-refractivity contribution in [3.05, 3.63) is 88.9 Å². The second-order valence-electron chi connectivity index (χ2n) is 7.19. The number of sulfonamides is 1. The summed E-state index contributed by atoms with van der Waals surface area (Å²) < 4.78 is 25.0. The Labute approximate surface area is 180 Å². The van der Waals surface area contributed by atoms with E-state index in [9.17, 15) is 8.42 Å². The molecule has 0 amide bonds. The summed E-state index contributed by atoms with van der Waals surface area (Å²) in [6.45, 7) is 4.10. The van der Waals surface area contributed by atoms with Gasteiger partial charge in [-0.2, -0.15) is 5.10 Å². The average molecular weight is 438 g/mol. The van der Waals surface area contributed by atoms with Crippen LogP contribution in [0.1, 0.15) is 11.1 Å². The Balaban J connectivity index is 1.91. The summed E-state index contributed by atoms with van der Waals surface area (Å²) in [4.78, 5) is 0.0598. The number of rotatable bonds is 4. The lowest BCUT2D eigenvalue weighted by Gasteiger charge is -2.11. The van der Waals surface area contributed by atoms with Gasteiger partial charge < -0.3 is 0 Å². The number of nitrogens with two attached hydrogens (primary N) is 1. The lowest BCUT2D eigenvalue weighted by Crippen LogP contribution is -2.12. The Morgan fingerprint density at radius 2 is 1.57 bits per heavy atom. The maximum absolute atomic E-state index is 11.6. The Bertz CT molecular complexity index is 1330. The van der Waals surface area contributed by atoms with Gasteiger partial charge in [0.25, 0.3) is 0 Å². The van der Waals surface area contributed by atoms with E-state index < -0.39 is 10.0 Å². The highest BCUT2D eigenvalue weighted by atomic mass is 35.5. The predicted molar refractivity (Wildman–Crippen MR) is 120 cm³/mol. The van der Waals surface area contributed by atoms with Gasteiger partial charge in [-0.05, 0) is 67.9 Å². The molecule has 0 saturated heterocycles. The van der Waals surface area contributed by atoms with E-state index in [0.717, 1.165) is 39.3 Å². The number of halogens is 1. The van der Waals surface area contributed by atoms with Crippen LogP contribution >= 0.6 is 11.6 Å². The SMILES string of the molecule is Cc1ccc(C)c(-c2cc(-c3ccc(Cl)cc3)nn2-c2ccc(S(N)(=O)=O)cc2)c1. The van der Waals surface area contributed by atoms with Gasteiger partial charge in [0.2, 0.25) is 10.0 Å². The third-order valence-electron chi connectivity index (χ3n) is 4.93. The van der Waals surface area contributed by atoms with Crippen molar-refractivity contribution in [3.8, 4) is 28.2 Å². The molecule has 152 valence electrons. The zero-order chi connectivity index (χ0) is 21.5. The second kappa shape index (κ2) is 7.72. The summed E-state index contributed by atoms with van der Waals surface area (Å²) in [5.74, 6) is 0. The number of hydrogen-bond acceptors (Lipinski definition) is 3. The number of primary sulfonamides is 1. The topological polar surface area (TPSA) is 78.0 Å². The molecule has 4 rings (SSSR count). The molecule has 0 radical (unpaired) electrons. The Morgan fingerprint density at radius 3 is 2.20 bits per heavy atom. The highest BCUT2D eigenvalue weighted by Crippen LogP contribution is 2.32. The molecule has 2 N–H and O–H groups in total. The third kappa shape index (κ3) is 4.03. The van der Waals surface area contributed by atoms with Gasteiger partial charge in [-0.25, -0.2) is 18.2 Å². The third-order valence-corrected chi connectivity index (χ3v) is 6.11. The fourth-order valence-electron chi connectivity index (χ4n) is 3.32. The van der Waals surface area contributed by atoms with Crippen LogP contribution in [0.3, 0.4) is 0 Å². The van der Waals surface area contributed by atoms with Gasteiger partial charge in [0.05, 0.1) is 22.0 Å². The predicted octanol–water partition coefficient (Wildman–Crippen LogP) is 5.12.